The largest absolute Gasteiger partial charge is 0.361 e. The van der Waals surface area contributed by atoms with Crippen LogP contribution in [0.4, 0.5) is 0 Å². The Morgan fingerprint density at radius 1 is 1.17 bits per heavy atom. The number of nitrogens with one attached hydrogen (secondary N) is 1. The van der Waals surface area contributed by atoms with Crippen LogP contribution in [0.25, 0.3) is 16.5 Å². The molecule has 0 spiro atoms. The minimum absolute atomic E-state index is 1.14. The van der Waals surface area contributed by atoms with Gasteiger partial charge in [-0.15, -0.1) is 0 Å². The van der Waals surface area contributed by atoms with Crippen LogP contribution in [0.3, 0.4) is 0 Å². The molecule has 0 unspecified atom stereocenters. The first-order chi connectivity index (χ1) is 8.90. The maximum Gasteiger partial charge on any atom is 0.0460 e. The van der Waals surface area contributed by atoms with Gasteiger partial charge in [0.15, 0.2) is 0 Å². The molecular weight excluding hydrogens is 220 g/mol. The molecule has 18 heavy (non-hydrogen) atoms. The highest BCUT2D eigenvalue weighted by Crippen LogP contribution is 2.29. The summed E-state index contributed by atoms with van der Waals surface area (Å²) in [5.41, 5.74) is 4.74. The second kappa shape index (κ2) is 4.49. The second-order valence-electron chi connectivity index (χ2n) is 4.19. The lowest BCUT2D eigenvalue weighted by Gasteiger charge is -2.05. The van der Waals surface area contributed by atoms with Gasteiger partial charge in [0, 0.05) is 40.6 Å². The standard InChI is InChI=1S/C16H14N2/c1-2-13(12-6-5-9-17-10-12)15-11-18-16-8-4-3-7-14(15)16/h2-11,18H,1H3/b13-2-. The van der Waals surface area contributed by atoms with Gasteiger partial charge in [-0.05, 0) is 24.6 Å². The minimum atomic E-state index is 1.14. The lowest BCUT2D eigenvalue weighted by Crippen LogP contribution is -1.87. The van der Waals surface area contributed by atoms with Crippen molar-refractivity contribution in [1.82, 2.24) is 9.97 Å². The first kappa shape index (κ1) is 10.8. The molecule has 2 aromatic heterocycles. The number of hydrogen-bond donors (Lipinski definition) is 1. The molecule has 0 amide bonds. The van der Waals surface area contributed by atoms with E-state index in [1.165, 1.54) is 16.5 Å². The van der Waals surface area contributed by atoms with E-state index >= 15 is 0 Å². The molecule has 0 radical (unpaired) electrons. The highest BCUT2D eigenvalue weighted by atomic mass is 14.7. The molecule has 88 valence electrons. The Morgan fingerprint density at radius 3 is 2.83 bits per heavy atom. The van der Waals surface area contributed by atoms with E-state index in [0.717, 1.165) is 11.1 Å². The van der Waals surface area contributed by atoms with E-state index in [9.17, 15) is 0 Å². The molecule has 1 N–H and O–H groups in total. The van der Waals surface area contributed by atoms with Gasteiger partial charge < -0.3 is 4.98 Å². The molecule has 2 heteroatoms. The van der Waals surface area contributed by atoms with Gasteiger partial charge in [0.05, 0.1) is 0 Å². The quantitative estimate of drug-likeness (QED) is 0.713. The van der Waals surface area contributed by atoms with Crippen molar-refractivity contribution in [3.63, 3.8) is 0 Å². The van der Waals surface area contributed by atoms with Crippen molar-refractivity contribution in [1.29, 1.82) is 0 Å². The molecule has 0 fully saturated rings. The zero-order valence-corrected chi connectivity index (χ0v) is 10.2. The predicted molar refractivity (Wildman–Crippen MR) is 75.3 cm³/mol. The summed E-state index contributed by atoms with van der Waals surface area (Å²) in [4.78, 5) is 7.50. The number of pyridine rings is 1. The summed E-state index contributed by atoms with van der Waals surface area (Å²) in [6.45, 7) is 2.06. The predicted octanol–water partition coefficient (Wildman–Crippen LogP) is 4.01. The van der Waals surface area contributed by atoms with Crippen LogP contribution in [0.2, 0.25) is 0 Å². The third-order valence-electron chi connectivity index (χ3n) is 3.14. The van der Waals surface area contributed by atoms with Gasteiger partial charge in [-0.3, -0.25) is 4.98 Å². The molecule has 0 atom stereocenters. The van der Waals surface area contributed by atoms with E-state index in [0.29, 0.717) is 0 Å². The summed E-state index contributed by atoms with van der Waals surface area (Å²) in [6, 6.07) is 12.4. The Kier molecular flexibility index (Phi) is 2.69. The lowest BCUT2D eigenvalue weighted by atomic mass is 9.99. The summed E-state index contributed by atoms with van der Waals surface area (Å²) in [5.74, 6) is 0. The van der Waals surface area contributed by atoms with Crippen molar-refractivity contribution >= 4 is 16.5 Å². The first-order valence-electron chi connectivity index (χ1n) is 6.03. The summed E-state index contributed by atoms with van der Waals surface area (Å²) in [5, 5.41) is 1.24. The average molecular weight is 234 g/mol. The van der Waals surface area contributed by atoms with E-state index in [1.54, 1.807) is 6.20 Å². The molecule has 3 rings (SSSR count). The Morgan fingerprint density at radius 2 is 2.06 bits per heavy atom. The molecule has 0 saturated carbocycles. The number of para-hydroxylation sites is 1. The number of aromatic amines is 1. The number of nitrogens with zero attached hydrogens (tertiary/aromatic N) is 1. The highest BCUT2D eigenvalue weighted by molar-refractivity contribution is 5.96. The fraction of sp³-hybridized carbons (Fsp3) is 0.0625. The number of allylic oxidation sites excluding steroid dienone is 1. The third kappa shape index (κ3) is 1.72. The summed E-state index contributed by atoms with van der Waals surface area (Å²) >= 11 is 0. The first-order valence-corrected chi connectivity index (χ1v) is 6.03. The van der Waals surface area contributed by atoms with Gasteiger partial charge in [0.1, 0.15) is 0 Å². The summed E-state index contributed by atoms with van der Waals surface area (Å²) in [7, 11) is 0. The average Bonchev–Trinajstić information content (AvgIpc) is 2.85. The van der Waals surface area contributed by atoms with Crippen LogP contribution in [-0.4, -0.2) is 9.97 Å². The van der Waals surface area contributed by atoms with Crippen molar-refractivity contribution in [3.05, 3.63) is 72.2 Å². The third-order valence-corrected chi connectivity index (χ3v) is 3.14. The molecule has 2 nitrogen and oxygen atoms in total. The number of hydrogen-bond acceptors (Lipinski definition) is 1. The van der Waals surface area contributed by atoms with E-state index in [-0.39, 0.29) is 0 Å². The molecule has 0 aliphatic rings. The Balaban J connectivity index is 2.19. The van der Waals surface area contributed by atoms with Crippen LogP contribution in [0.15, 0.2) is 61.1 Å². The number of aromatic nitrogens is 2. The van der Waals surface area contributed by atoms with Gasteiger partial charge >= 0.3 is 0 Å². The molecule has 1 aromatic carbocycles. The molecule has 0 bridgehead atoms. The topological polar surface area (TPSA) is 28.7 Å². The van der Waals surface area contributed by atoms with Gasteiger partial charge in [-0.1, -0.05) is 30.3 Å². The zero-order chi connectivity index (χ0) is 12.4. The normalized spacial score (nSPS) is 11.9. The van der Waals surface area contributed by atoms with Gasteiger partial charge in [-0.2, -0.15) is 0 Å². The van der Waals surface area contributed by atoms with Crippen molar-refractivity contribution in [2.24, 2.45) is 0 Å². The highest BCUT2D eigenvalue weighted by Gasteiger charge is 2.09. The summed E-state index contributed by atoms with van der Waals surface area (Å²) in [6.07, 6.45) is 7.89. The molecule has 3 aromatic rings. The van der Waals surface area contributed by atoms with Gasteiger partial charge in [0.2, 0.25) is 0 Å². The molecule has 2 heterocycles. The van der Waals surface area contributed by atoms with Crippen molar-refractivity contribution < 1.29 is 0 Å². The molecule has 0 aliphatic carbocycles. The monoisotopic (exact) mass is 234 g/mol. The number of H-pyrrole nitrogens is 1. The number of rotatable bonds is 2. The molecular formula is C16H14N2. The van der Waals surface area contributed by atoms with Crippen molar-refractivity contribution in [2.45, 2.75) is 6.92 Å². The van der Waals surface area contributed by atoms with Crippen molar-refractivity contribution in [3.8, 4) is 0 Å². The van der Waals surface area contributed by atoms with E-state index in [1.807, 2.05) is 18.3 Å². The van der Waals surface area contributed by atoms with Crippen LogP contribution in [0.1, 0.15) is 18.1 Å². The smallest absolute Gasteiger partial charge is 0.0460 e. The SMILES string of the molecule is C/C=C(/c1cccnc1)c1c[nH]c2ccccc12. The Labute approximate surface area is 106 Å². The minimum Gasteiger partial charge on any atom is -0.361 e. The summed E-state index contributed by atoms with van der Waals surface area (Å²) < 4.78 is 0. The molecule has 0 saturated heterocycles. The Bertz CT molecular complexity index is 693. The number of benzene rings is 1. The number of fused-ring (bicyclic) bond motifs is 1. The van der Waals surface area contributed by atoms with E-state index in [2.05, 4.69) is 53.4 Å². The Hall–Kier alpha value is -2.35. The maximum atomic E-state index is 4.19. The van der Waals surface area contributed by atoms with Crippen LogP contribution >= 0.6 is 0 Å². The fourth-order valence-electron chi connectivity index (χ4n) is 2.29. The van der Waals surface area contributed by atoms with Crippen molar-refractivity contribution in [2.75, 3.05) is 0 Å². The van der Waals surface area contributed by atoms with Gasteiger partial charge in [-0.25, -0.2) is 0 Å². The van der Waals surface area contributed by atoms with E-state index < -0.39 is 0 Å². The fourth-order valence-corrected chi connectivity index (χ4v) is 2.29. The lowest BCUT2D eigenvalue weighted by molar-refractivity contribution is 1.31. The van der Waals surface area contributed by atoms with Crippen LogP contribution in [0, 0.1) is 0 Å². The van der Waals surface area contributed by atoms with Crippen LogP contribution in [-0.2, 0) is 0 Å². The van der Waals surface area contributed by atoms with Crippen LogP contribution < -0.4 is 0 Å². The second-order valence-corrected chi connectivity index (χ2v) is 4.19. The van der Waals surface area contributed by atoms with Crippen LogP contribution in [0.5, 0.6) is 0 Å². The van der Waals surface area contributed by atoms with E-state index in [4.69, 9.17) is 0 Å². The van der Waals surface area contributed by atoms with Gasteiger partial charge in [0.25, 0.3) is 0 Å². The maximum absolute atomic E-state index is 4.19. The zero-order valence-electron chi connectivity index (χ0n) is 10.2. The molecule has 0 aliphatic heterocycles.